The second kappa shape index (κ2) is 7.18. The van der Waals surface area contributed by atoms with Crippen LogP contribution >= 0.6 is 0 Å². The van der Waals surface area contributed by atoms with Crippen LogP contribution in [-0.2, 0) is 0 Å². The standard InChI is InChI=1S/C15H20O2.C3H6/c1-9-4-5-11(3)12(6-9)15-13(16)7-10(2)8-14(15)17;1-3-2/h6-8,11-12,16-17H,4-5H2,1-3H3;3H,1H2,2H3/t11-,12-;/m1./s1. The minimum atomic E-state index is 0.129. The molecule has 2 atom stereocenters. The fraction of sp³-hybridized carbons (Fsp3) is 0.444. The quantitative estimate of drug-likeness (QED) is 0.703. The van der Waals surface area contributed by atoms with E-state index in [0.717, 1.165) is 18.4 Å². The van der Waals surface area contributed by atoms with Gasteiger partial charge in [0.1, 0.15) is 11.5 Å². The Morgan fingerprint density at radius 1 is 1.20 bits per heavy atom. The van der Waals surface area contributed by atoms with Crippen LogP contribution in [0.2, 0.25) is 0 Å². The van der Waals surface area contributed by atoms with E-state index in [4.69, 9.17) is 0 Å². The van der Waals surface area contributed by atoms with E-state index in [1.54, 1.807) is 18.2 Å². The van der Waals surface area contributed by atoms with E-state index >= 15 is 0 Å². The highest BCUT2D eigenvalue weighted by Gasteiger charge is 2.26. The Hall–Kier alpha value is -1.70. The molecule has 20 heavy (non-hydrogen) atoms. The number of aromatic hydroxyl groups is 2. The summed E-state index contributed by atoms with van der Waals surface area (Å²) in [5.74, 6) is 1.01. The van der Waals surface area contributed by atoms with Crippen LogP contribution in [0.3, 0.4) is 0 Å². The fourth-order valence-corrected chi connectivity index (χ4v) is 2.66. The lowest BCUT2D eigenvalue weighted by Crippen LogP contribution is -2.13. The maximum absolute atomic E-state index is 10.0. The fourth-order valence-electron chi connectivity index (χ4n) is 2.66. The first-order valence-corrected chi connectivity index (χ1v) is 7.17. The van der Waals surface area contributed by atoms with Crippen molar-refractivity contribution < 1.29 is 10.2 Å². The summed E-state index contributed by atoms with van der Waals surface area (Å²) < 4.78 is 0. The van der Waals surface area contributed by atoms with Crippen molar-refractivity contribution in [1.29, 1.82) is 0 Å². The zero-order valence-electron chi connectivity index (χ0n) is 13.0. The van der Waals surface area contributed by atoms with Crippen molar-refractivity contribution in [3.63, 3.8) is 0 Å². The molecule has 2 nitrogen and oxygen atoms in total. The van der Waals surface area contributed by atoms with E-state index in [9.17, 15) is 10.2 Å². The Balaban J connectivity index is 0.000000612. The molecule has 2 N–H and O–H groups in total. The number of phenols is 2. The summed E-state index contributed by atoms with van der Waals surface area (Å²) in [5, 5.41) is 20.1. The molecular weight excluding hydrogens is 248 g/mol. The maximum atomic E-state index is 10.0. The van der Waals surface area contributed by atoms with Crippen molar-refractivity contribution in [2.45, 2.75) is 46.5 Å². The van der Waals surface area contributed by atoms with E-state index in [1.165, 1.54) is 5.57 Å². The van der Waals surface area contributed by atoms with Gasteiger partial charge < -0.3 is 10.2 Å². The molecule has 0 unspecified atom stereocenters. The van der Waals surface area contributed by atoms with Gasteiger partial charge in [-0.3, -0.25) is 0 Å². The van der Waals surface area contributed by atoms with Crippen molar-refractivity contribution in [1.82, 2.24) is 0 Å². The number of aryl methyl sites for hydroxylation is 1. The molecule has 0 radical (unpaired) electrons. The minimum Gasteiger partial charge on any atom is -0.507 e. The van der Waals surface area contributed by atoms with Crippen LogP contribution < -0.4 is 0 Å². The SMILES string of the molecule is C=CC.CC1=C[C@@H](c2c(O)cc(C)cc2O)[C@H](C)CC1. The lowest BCUT2D eigenvalue weighted by atomic mass is 9.77. The van der Waals surface area contributed by atoms with Gasteiger partial charge in [0.15, 0.2) is 0 Å². The first-order valence-electron chi connectivity index (χ1n) is 7.17. The van der Waals surface area contributed by atoms with E-state index in [2.05, 4.69) is 26.5 Å². The number of benzene rings is 1. The van der Waals surface area contributed by atoms with Gasteiger partial charge in [-0.1, -0.05) is 24.6 Å². The Labute approximate surface area is 122 Å². The highest BCUT2D eigenvalue weighted by Crippen LogP contribution is 2.43. The molecule has 0 fully saturated rings. The first-order chi connectivity index (χ1) is 9.40. The molecule has 2 heteroatoms. The van der Waals surface area contributed by atoms with Crippen LogP contribution in [-0.4, -0.2) is 10.2 Å². The Morgan fingerprint density at radius 2 is 1.70 bits per heavy atom. The topological polar surface area (TPSA) is 40.5 Å². The van der Waals surface area contributed by atoms with Gasteiger partial charge in [0.05, 0.1) is 0 Å². The summed E-state index contributed by atoms with van der Waals surface area (Å²) in [6.45, 7) is 11.4. The van der Waals surface area contributed by atoms with Crippen LogP contribution in [0.15, 0.2) is 36.4 Å². The van der Waals surface area contributed by atoms with Gasteiger partial charge in [0, 0.05) is 11.5 Å². The third-order valence-corrected chi connectivity index (χ3v) is 3.69. The lowest BCUT2D eigenvalue weighted by molar-refractivity contribution is 0.397. The molecule has 110 valence electrons. The summed E-state index contributed by atoms with van der Waals surface area (Å²) in [6.07, 6.45) is 6.16. The molecule has 0 heterocycles. The number of hydrogen-bond donors (Lipinski definition) is 2. The van der Waals surface area contributed by atoms with Crippen molar-refractivity contribution >= 4 is 0 Å². The van der Waals surface area contributed by atoms with Crippen LogP contribution in [0, 0.1) is 12.8 Å². The number of rotatable bonds is 1. The van der Waals surface area contributed by atoms with Gasteiger partial charge in [-0.25, -0.2) is 0 Å². The zero-order valence-corrected chi connectivity index (χ0v) is 13.0. The average molecular weight is 274 g/mol. The second-order valence-electron chi connectivity index (χ2n) is 5.68. The summed E-state index contributed by atoms with van der Waals surface area (Å²) in [7, 11) is 0. The van der Waals surface area contributed by atoms with Crippen LogP contribution in [0.4, 0.5) is 0 Å². The highest BCUT2D eigenvalue weighted by atomic mass is 16.3. The Bertz CT molecular complexity index is 477. The van der Waals surface area contributed by atoms with E-state index < -0.39 is 0 Å². The van der Waals surface area contributed by atoms with Crippen molar-refractivity contribution in [2.24, 2.45) is 5.92 Å². The lowest BCUT2D eigenvalue weighted by Gasteiger charge is -2.28. The Morgan fingerprint density at radius 3 is 2.20 bits per heavy atom. The van der Waals surface area contributed by atoms with Gasteiger partial charge in [0.2, 0.25) is 0 Å². The predicted molar refractivity (Wildman–Crippen MR) is 85.3 cm³/mol. The molecular formula is C18H26O2. The van der Waals surface area contributed by atoms with Crippen molar-refractivity contribution in [2.75, 3.05) is 0 Å². The second-order valence-corrected chi connectivity index (χ2v) is 5.68. The summed E-state index contributed by atoms with van der Waals surface area (Å²) in [6, 6.07) is 3.44. The third kappa shape index (κ3) is 3.89. The average Bonchev–Trinajstić information content (AvgIpc) is 2.33. The van der Waals surface area contributed by atoms with Gasteiger partial charge in [0.25, 0.3) is 0 Å². The summed E-state index contributed by atoms with van der Waals surface area (Å²) in [4.78, 5) is 0. The normalized spacial score (nSPS) is 21.5. The molecule has 2 rings (SSSR count). The largest absolute Gasteiger partial charge is 0.507 e. The molecule has 1 aromatic carbocycles. The van der Waals surface area contributed by atoms with Crippen LogP contribution in [0.25, 0.3) is 0 Å². The van der Waals surface area contributed by atoms with E-state index in [-0.39, 0.29) is 17.4 Å². The molecule has 1 aromatic rings. The summed E-state index contributed by atoms with van der Waals surface area (Å²) >= 11 is 0. The van der Waals surface area contributed by atoms with Crippen molar-refractivity contribution in [3.05, 3.63) is 47.6 Å². The predicted octanol–water partition coefficient (Wildman–Crippen LogP) is 5.06. The minimum absolute atomic E-state index is 0.129. The van der Waals surface area contributed by atoms with Crippen molar-refractivity contribution in [3.8, 4) is 11.5 Å². The van der Waals surface area contributed by atoms with E-state index in [0.29, 0.717) is 11.5 Å². The number of phenolic OH excluding ortho intramolecular Hbond substituents is 2. The molecule has 0 bridgehead atoms. The summed E-state index contributed by atoms with van der Waals surface area (Å²) in [5.41, 5.74) is 2.91. The molecule has 0 amide bonds. The molecule has 0 spiro atoms. The molecule has 0 saturated carbocycles. The van der Waals surface area contributed by atoms with Gasteiger partial charge in [-0.2, -0.15) is 0 Å². The molecule has 0 aliphatic heterocycles. The highest BCUT2D eigenvalue weighted by molar-refractivity contribution is 5.50. The monoisotopic (exact) mass is 274 g/mol. The maximum Gasteiger partial charge on any atom is 0.123 e. The van der Waals surface area contributed by atoms with Crippen LogP contribution in [0.5, 0.6) is 11.5 Å². The number of allylic oxidation sites excluding steroid dienone is 3. The molecule has 0 saturated heterocycles. The van der Waals surface area contributed by atoms with Gasteiger partial charge in [-0.05, 0) is 57.2 Å². The van der Waals surface area contributed by atoms with Gasteiger partial charge >= 0.3 is 0 Å². The third-order valence-electron chi connectivity index (χ3n) is 3.69. The van der Waals surface area contributed by atoms with Gasteiger partial charge in [-0.15, -0.1) is 6.58 Å². The first kappa shape index (κ1) is 16.4. The number of hydrogen-bond acceptors (Lipinski definition) is 2. The van der Waals surface area contributed by atoms with Crippen LogP contribution in [0.1, 0.15) is 50.7 Å². The molecule has 1 aliphatic carbocycles. The molecule has 1 aliphatic rings. The van der Waals surface area contributed by atoms with E-state index in [1.807, 2.05) is 13.8 Å². The smallest absolute Gasteiger partial charge is 0.123 e. The zero-order chi connectivity index (χ0) is 15.3. The Kier molecular flexibility index (Phi) is 5.87. The molecule has 0 aromatic heterocycles.